The van der Waals surface area contributed by atoms with Gasteiger partial charge in [0.05, 0.1) is 6.54 Å². The van der Waals surface area contributed by atoms with Crippen molar-refractivity contribution in [3.05, 3.63) is 0 Å². The number of amides is 1. The molecule has 3 nitrogen and oxygen atoms in total. The van der Waals surface area contributed by atoms with Gasteiger partial charge in [-0.15, -0.1) is 0 Å². The highest BCUT2D eigenvalue weighted by molar-refractivity contribution is 7.98. The van der Waals surface area contributed by atoms with Crippen molar-refractivity contribution in [2.75, 3.05) is 13.6 Å². The third-order valence-electron chi connectivity index (χ3n) is 0.808. The average molecular weight is 176 g/mol. The molecule has 0 aliphatic rings. The van der Waals surface area contributed by atoms with E-state index in [0.29, 0.717) is 6.54 Å². The lowest BCUT2D eigenvalue weighted by molar-refractivity contribution is -0.117. The number of nitrogens with zero attached hydrogens (tertiary/aromatic N) is 1. The highest BCUT2D eigenvalue weighted by Gasteiger charge is 2.15. The van der Waals surface area contributed by atoms with Crippen molar-refractivity contribution in [3.63, 3.8) is 0 Å². The molecule has 0 unspecified atom stereocenters. The van der Waals surface area contributed by atoms with Gasteiger partial charge in [-0.1, -0.05) is 11.9 Å². The van der Waals surface area contributed by atoms with E-state index < -0.39 is 0 Å². The Balaban J connectivity index is 3.69. The zero-order valence-electron chi connectivity index (χ0n) is 7.55. The largest absolute Gasteiger partial charge is 0.369 e. The molecule has 0 aliphatic heterocycles. The van der Waals surface area contributed by atoms with E-state index in [4.69, 9.17) is 5.73 Å². The summed E-state index contributed by atoms with van der Waals surface area (Å²) in [6, 6.07) is 0. The molecule has 66 valence electrons. The first-order chi connectivity index (χ1) is 4.81. The molecule has 0 spiro atoms. The lowest BCUT2D eigenvalue weighted by atomic mass is 10.3. The standard InChI is InChI=1S/C7H16N2OS/c1-7(2,3)11-9(4)5-6(8)10/h5H2,1-4H3,(H2,8,10). The van der Waals surface area contributed by atoms with E-state index in [1.807, 2.05) is 11.4 Å². The van der Waals surface area contributed by atoms with Crippen LogP contribution in [0, 0.1) is 0 Å². The van der Waals surface area contributed by atoms with E-state index in [2.05, 4.69) is 20.8 Å². The minimum Gasteiger partial charge on any atom is -0.369 e. The van der Waals surface area contributed by atoms with Crippen molar-refractivity contribution in [2.45, 2.75) is 25.5 Å². The molecule has 0 aromatic heterocycles. The number of nitrogens with two attached hydrogens (primary N) is 1. The van der Waals surface area contributed by atoms with Gasteiger partial charge in [-0.3, -0.25) is 4.79 Å². The third kappa shape index (κ3) is 7.68. The molecule has 0 aromatic rings. The maximum absolute atomic E-state index is 10.5. The molecule has 4 heteroatoms. The number of rotatable bonds is 3. The van der Waals surface area contributed by atoms with Gasteiger partial charge in [0.2, 0.25) is 5.91 Å². The van der Waals surface area contributed by atoms with Crippen LogP contribution in [0.25, 0.3) is 0 Å². The van der Waals surface area contributed by atoms with Crippen LogP contribution in [0.1, 0.15) is 20.8 Å². The Kier molecular flexibility index (Phi) is 3.89. The van der Waals surface area contributed by atoms with Crippen molar-refractivity contribution >= 4 is 17.9 Å². The van der Waals surface area contributed by atoms with Crippen molar-refractivity contribution < 1.29 is 4.79 Å². The molecule has 0 saturated carbocycles. The molecular weight excluding hydrogens is 160 g/mol. The number of hydrogen-bond acceptors (Lipinski definition) is 3. The number of likely N-dealkylation sites (N-methyl/N-ethyl adjacent to an activating group) is 1. The van der Waals surface area contributed by atoms with Crippen LogP contribution in [0.15, 0.2) is 0 Å². The molecule has 0 fully saturated rings. The molecular formula is C7H16N2OS. The Morgan fingerprint density at radius 2 is 2.00 bits per heavy atom. The van der Waals surface area contributed by atoms with Crippen LogP contribution in [-0.4, -0.2) is 28.6 Å². The summed E-state index contributed by atoms with van der Waals surface area (Å²) in [5, 5.41) is 0. The SMILES string of the molecule is CN(CC(N)=O)SC(C)(C)C. The van der Waals surface area contributed by atoms with E-state index in [-0.39, 0.29) is 10.7 Å². The second-order valence-electron chi connectivity index (χ2n) is 3.46. The zero-order valence-corrected chi connectivity index (χ0v) is 8.36. The zero-order chi connectivity index (χ0) is 9.07. The number of carbonyl (C=O) groups is 1. The van der Waals surface area contributed by atoms with Gasteiger partial charge >= 0.3 is 0 Å². The fourth-order valence-corrected chi connectivity index (χ4v) is 1.85. The Bertz CT molecular complexity index is 142. The van der Waals surface area contributed by atoms with E-state index >= 15 is 0 Å². The van der Waals surface area contributed by atoms with Crippen LogP contribution in [0.4, 0.5) is 0 Å². The third-order valence-corrected chi connectivity index (χ3v) is 1.80. The lowest BCUT2D eigenvalue weighted by Gasteiger charge is -2.23. The summed E-state index contributed by atoms with van der Waals surface area (Å²) in [7, 11) is 1.86. The quantitative estimate of drug-likeness (QED) is 0.648. The van der Waals surface area contributed by atoms with Crippen LogP contribution in [0.5, 0.6) is 0 Å². The van der Waals surface area contributed by atoms with Crippen LogP contribution in [-0.2, 0) is 4.79 Å². The second kappa shape index (κ2) is 3.97. The lowest BCUT2D eigenvalue weighted by Crippen LogP contribution is -2.29. The van der Waals surface area contributed by atoms with Gasteiger partial charge < -0.3 is 5.73 Å². The topological polar surface area (TPSA) is 46.3 Å². The second-order valence-corrected chi connectivity index (χ2v) is 5.49. The monoisotopic (exact) mass is 176 g/mol. The number of hydrogen-bond donors (Lipinski definition) is 1. The molecule has 2 N–H and O–H groups in total. The fourth-order valence-electron chi connectivity index (χ4n) is 0.719. The van der Waals surface area contributed by atoms with Crippen molar-refractivity contribution in [1.82, 2.24) is 4.31 Å². The first kappa shape index (κ1) is 10.8. The summed E-state index contributed by atoms with van der Waals surface area (Å²) < 4.78 is 1.99. The van der Waals surface area contributed by atoms with Crippen LogP contribution in [0.2, 0.25) is 0 Å². The summed E-state index contributed by atoms with van der Waals surface area (Å²) in [6.07, 6.45) is 0. The predicted octanol–water partition coefficient (Wildman–Crippen LogP) is 0.850. The number of carbonyl (C=O) groups excluding carboxylic acids is 1. The Hall–Kier alpha value is -0.220. The summed E-state index contributed by atoms with van der Waals surface area (Å²) in [4.78, 5) is 10.5. The molecule has 0 heterocycles. The van der Waals surface area contributed by atoms with Crippen molar-refractivity contribution in [2.24, 2.45) is 5.73 Å². The van der Waals surface area contributed by atoms with Gasteiger partial charge in [-0.2, -0.15) is 0 Å². The van der Waals surface area contributed by atoms with Crippen molar-refractivity contribution in [1.29, 1.82) is 0 Å². The minimum atomic E-state index is -0.288. The minimum absolute atomic E-state index is 0.143. The normalized spacial score (nSPS) is 12.1. The van der Waals surface area contributed by atoms with Crippen molar-refractivity contribution in [3.8, 4) is 0 Å². The average Bonchev–Trinajstić information content (AvgIpc) is 1.53. The maximum atomic E-state index is 10.5. The van der Waals surface area contributed by atoms with Crippen LogP contribution < -0.4 is 5.73 Å². The summed E-state index contributed by atoms with van der Waals surface area (Å²) in [5.41, 5.74) is 5.02. The molecule has 1 amide bonds. The Labute approximate surface area is 72.4 Å². The highest BCUT2D eigenvalue weighted by Crippen LogP contribution is 2.25. The van der Waals surface area contributed by atoms with Crippen LogP contribution >= 0.6 is 11.9 Å². The Morgan fingerprint density at radius 3 is 2.27 bits per heavy atom. The van der Waals surface area contributed by atoms with E-state index in [9.17, 15) is 4.79 Å². The summed E-state index contributed by atoms with van der Waals surface area (Å²) in [5.74, 6) is -0.288. The molecule has 0 aromatic carbocycles. The maximum Gasteiger partial charge on any atom is 0.232 e. The molecule has 0 rings (SSSR count). The van der Waals surface area contributed by atoms with Gasteiger partial charge in [-0.25, -0.2) is 4.31 Å². The van der Waals surface area contributed by atoms with Crippen LogP contribution in [0.3, 0.4) is 0 Å². The van der Waals surface area contributed by atoms with E-state index in [0.717, 1.165) is 0 Å². The smallest absolute Gasteiger partial charge is 0.232 e. The van der Waals surface area contributed by atoms with E-state index in [1.54, 1.807) is 11.9 Å². The Morgan fingerprint density at radius 1 is 1.55 bits per heavy atom. The first-order valence-corrected chi connectivity index (χ1v) is 4.27. The van der Waals surface area contributed by atoms with Gasteiger partial charge in [0.1, 0.15) is 0 Å². The highest BCUT2D eigenvalue weighted by atomic mass is 32.2. The summed E-state index contributed by atoms with van der Waals surface area (Å²) >= 11 is 1.62. The number of primary amides is 1. The fraction of sp³-hybridized carbons (Fsp3) is 0.857. The van der Waals surface area contributed by atoms with Gasteiger partial charge in [0, 0.05) is 4.75 Å². The van der Waals surface area contributed by atoms with Gasteiger partial charge in [0.15, 0.2) is 0 Å². The van der Waals surface area contributed by atoms with Gasteiger partial charge in [0.25, 0.3) is 0 Å². The molecule has 0 aliphatic carbocycles. The molecule has 0 saturated heterocycles. The first-order valence-electron chi connectivity index (χ1n) is 3.50. The molecule has 0 bridgehead atoms. The van der Waals surface area contributed by atoms with Gasteiger partial charge in [-0.05, 0) is 27.8 Å². The van der Waals surface area contributed by atoms with E-state index in [1.165, 1.54) is 0 Å². The predicted molar refractivity (Wildman–Crippen MR) is 49.2 cm³/mol. The summed E-state index contributed by atoms with van der Waals surface area (Å²) in [6.45, 7) is 6.58. The molecule has 0 radical (unpaired) electrons. The molecule has 0 atom stereocenters. The molecule has 11 heavy (non-hydrogen) atoms.